The summed E-state index contributed by atoms with van der Waals surface area (Å²) in [6, 6.07) is 8.48. The van der Waals surface area contributed by atoms with Gasteiger partial charge in [0.25, 0.3) is 5.91 Å². The summed E-state index contributed by atoms with van der Waals surface area (Å²) in [6.07, 6.45) is 2.32. The normalized spacial score (nSPS) is 11.0. The molecule has 23 heavy (non-hydrogen) atoms. The van der Waals surface area contributed by atoms with E-state index in [9.17, 15) is 9.59 Å². The topological polar surface area (TPSA) is 85.2 Å². The van der Waals surface area contributed by atoms with Crippen molar-refractivity contribution in [1.82, 2.24) is 10.2 Å². The van der Waals surface area contributed by atoms with E-state index in [-0.39, 0.29) is 11.4 Å². The molecule has 0 atom stereocenters. The number of nitrogens with zero attached hydrogens (tertiary/aromatic N) is 2. The van der Waals surface area contributed by atoms with Gasteiger partial charge in [-0.2, -0.15) is 5.26 Å². The van der Waals surface area contributed by atoms with Gasteiger partial charge in [-0.15, -0.1) is 0 Å². The molecule has 0 unspecified atom stereocenters. The van der Waals surface area contributed by atoms with Crippen molar-refractivity contribution in [2.24, 2.45) is 0 Å². The van der Waals surface area contributed by atoms with E-state index < -0.39 is 5.91 Å². The van der Waals surface area contributed by atoms with Crippen molar-refractivity contribution in [2.45, 2.75) is 13.3 Å². The van der Waals surface area contributed by atoms with E-state index in [0.717, 1.165) is 13.0 Å². The van der Waals surface area contributed by atoms with Gasteiger partial charge in [0.2, 0.25) is 0 Å². The molecular formula is C17H22N4O2. The third-order valence-electron chi connectivity index (χ3n) is 3.06. The van der Waals surface area contributed by atoms with Crippen LogP contribution in [0, 0.1) is 11.3 Å². The molecule has 0 heterocycles. The van der Waals surface area contributed by atoms with Crippen LogP contribution in [-0.2, 0) is 4.79 Å². The number of Topliss-reactive ketones (excluding diaryl/α,β-unsaturated/α-hetero) is 1. The number of rotatable bonds is 8. The first-order chi connectivity index (χ1) is 10.9. The summed E-state index contributed by atoms with van der Waals surface area (Å²) in [5.74, 6) is -0.590. The van der Waals surface area contributed by atoms with Crippen LogP contribution in [0.3, 0.4) is 0 Å². The molecule has 1 amide bonds. The maximum atomic E-state index is 12.1. The van der Waals surface area contributed by atoms with Crippen molar-refractivity contribution in [3.63, 3.8) is 0 Å². The Kier molecular flexibility index (Phi) is 7.51. The van der Waals surface area contributed by atoms with E-state index in [1.54, 1.807) is 24.3 Å². The molecule has 6 nitrogen and oxygen atoms in total. The lowest BCUT2D eigenvalue weighted by Crippen LogP contribution is -2.20. The van der Waals surface area contributed by atoms with Gasteiger partial charge >= 0.3 is 0 Å². The van der Waals surface area contributed by atoms with Gasteiger partial charge in [0.15, 0.2) is 5.78 Å². The highest BCUT2D eigenvalue weighted by Crippen LogP contribution is 2.12. The molecule has 0 spiro atoms. The standard InChI is InChI=1S/C17H22N4O2/c1-13(22)14-6-4-7-16(10-14)20-17(23)15(11-18)12-19-8-5-9-21(2)3/h4,6-7,10,12,19H,5,8-9H2,1-3H3,(H,20,23)/b15-12-. The highest BCUT2D eigenvalue weighted by Gasteiger charge is 2.10. The first-order valence-corrected chi connectivity index (χ1v) is 7.34. The molecule has 0 saturated heterocycles. The number of nitrogens with one attached hydrogen (secondary N) is 2. The van der Waals surface area contributed by atoms with Crippen LogP contribution >= 0.6 is 0 Å². The Morgan fingerprint density at radius 3 is 2.70 bits per heavy atom. The molecule has 0 aliphatic carbocycles. The Morgan fingerprint density at radius 1 is 1.35 bits per heavy atom. The van der Waals surface area contributed by atoms with Gasteiger partial charge in [0.1, 0.15) is 11.6 Å². The Bertz CT molecular complexity index is 630. The zero-order valence-electron chi connectivity index (χ0n) is 13.7. The summed E-state index contributed by atoms with van der Waals surface area (Å²) in [4.78, 5) is 25.5. The van der Waals surface area contributed by atoms with Gasteiger partial charge < -0.3 is 15.5 Å². The number of carbonyl (C=O) groups excluding carboxylic acids is 2. The molecule has 122 valence electrons. The smallest absolute Gasteiger partial charge is 0.267 e. The van der Waals surface area contributed by atoms with Gasteiger partial charge in [-0.25, -0.2) is 0 Å². The Labute approximate surface area is 136 Å². The molecule has 1 rings (SSSR count). The minimum Gasteiger partial charge on any atom is -0.390 e. The number of amides is 1. The average molecular weight is 314 g/mol. The van der Waals surface area contributed by atoms with Crippen LogP contribution in [0.5, 0.6) is 0 Å². The van der Waals surface area contributed by atoms with E-state index in [1.807, 2.05) is 20.2 Å². The number of nitriles is 1. The second kappa shape index (κ2) is 9.38. The summed E-state index contributed by atoms with van der Waals surface area (Å²) >= 11 is 0. The molecule has 2 N–H and O–H groups in total. The molecule has 0 aromatic heterocycles. The van der Waals surface area contributed by atoms with Crippen LogP contribution in [0.15, 0.2) is 36.0 Å². The van der Waals surface area contributed by atoms with Crippen molar-refractivity contribution >= 4 is 17.4 Å². The number of hydrogen-bond acceptors (Lipinski definition) is 5. The third kappa shape index (κ3) is 6.76. The number of carbonyl (C=O) groups is 2. The minimum absolute atomic E-state index is 0.0110. The van der Waals surface area contributed by atoms with E-state index in [0.29, 0.717) is 17.8 Å². The number of benzene rings is 1. The molecule has 1 aromatic carbocycles. The Balaban J connectivity index is 2.61. The van der Waals surface area contributed by atoms with Crippen molar-refractivity contribution < 1.29 is 9.59 Å². The maximum absolute atomic E-state index is 12.1. The predicted octanol–water partition coefficient (Wildman–Crippen LogP) is 1.78. The van der Waals surface area contributed by atoms with E-state index in [2.05, 4.69) is 15.5 Å². The second-order valence-corrected chi connectivity index (χ2v) is 5.37. The molecule has 0 bridgehead atoms. The summed E-state index contributed by atoms with van der Waals surface area (Å²) in [5.41, 5.74) is 0.978. The fourth-order valence-corrected chi connectivity index (χ4v) is 1.83. The van der Waals surface area contributed by atoms with Crippen LogP contribution in [0.4, 0.5) is 5.69 Å². The molecule has 0 aliphatic rings. The first kappa shape index (κ1) is 18.4. The summed E-state index contributed by atoms with van der Waals surface area (Å²) in [6.45, 7) is 3.06. The second-order valence-electron chi connectivity index (χ2n) is 5.37. The predicted molar refractivity (Wildman–Crippen MR) is 89.9 cm³/mol. The summed E-state index contributed by atoms with van der Waals surface area (Å²) in [5, 5.41) is 14.7. The molecule has 1 aromatic rings. The zero-order valence-corrected chi connectivity index (χ0v) is 13.7. The van der Waals surface area contributed by atoms with Crippen LogP contribution in [0.1, 0.15) is 23.7 Å². The monoisotopic (exact) mass is 314 g/mol. The van der Waals surface area contributed by atoms with Crippen LogP contribution < -0.4 is 10.6 Å². The van der Waals surface area contributed by atoms with Gasteiger partial charge in [0.05, 0.1) is 0 Å². The molecule has 0 saturated carbocycles. The molecule has 0 fully saturated rings. The van der Waals surface area contributed by atoms with Crippen LogP contribution in [0.2, 0.25) is 0 Å². The summed E-state index contributed by atoms with van der Waals surface area (Å²) in [7, 11) is 3.97. The Hall–Kier alpha value is -2.65. The lowest BCUT2D eigenvalue weighted by atomic mass is 10.1. The van der Waals surface area contributed by atoms with Crippen molar-refractivity contribution in [2.75, 3.05) is 32.5 Å². The van der Waals surface area contributed by atoms with Gasteiger partial charge in [0, 0.05) is 24.0 Å². The van der Waals surface area contributed by atoms with E-state index in [4.69, 9.17) is 5.26 Å². The van der Waals surface area contributed by atoms with Gasteiger partial charge in [-0.05, 0) is 46.1 Å². The molecule has 0 aliphatic heterocycles. The molecule has 0 radical (unpaired) electrons. The molecular weight excluding hydrogens is 292 g/mol. The number of anilines is 1. The van der Waals surface area contributed by atoms with Gasteiger partial charge in [-0.1, -0.05) is 12.1 Å². The fourth-order valence-electron chi connectivity index (χ4n) is 1.83. The van der Waals surface area contributed by atoms with Crippen molar-refractivity contribution in [3.8, 4) is 6.07 Å². The van der Waals surface area contributed by atoms with Crippen LogP contribution in [0.25, 0.3) is 0 Å². The number of hydrogen-bond donors (Lipinski definition) is 2. The average Bonchev–Trinajstić information content (AvgIpc) is 2.50. The van der Waals surface area contributed by atoms with E-state index in [1.165, 1.54) is 13.1 Å². The van der Waals surface area contributed by atoms with Gasteiger partial charge in [-0.3, -0.25) is 9.59 Å². The third-order valence-corrected chi connectivity index (χ3v) is 3.06. The Morgan fingerprint density at radius 2 is 2.09 bits per heavy atom. The van der Waals surface area contributed by atoms with Crippen LogP contribution in [-0.4, -0.2) is 43.8 Å². The lowest BCUT2D eigenvalue weighted by molar-refractivity contribution is -0.112. The SMILES string of the molecule is CC(=O)c1cccc(NC(=O)/C(C#N)=C\NCCCN(C)C)c1. The lowest BCUT2D eigenvalue weighted by Gasteiger charge is -2.09. The van der Waals surface area contributed by atoms with Crippen molar-refractivity contribution in [3.05, 3.63) is 41.6 Å². The van der Waals surface area contributed by atoms with Crippen molar-refractivity contribution in [1.29, 1.82) is 5.26 Å². The highest BCUT2D eigenvalue weighted by molar-refractivity contribution is 6.07. The fraction of sp³-hybridized carbons (Fsp3) is 0.353. The minimum atomic E-state index is -0.506. The summed E-state index contributed by atoms with van der Waals surface area (Å²) < 4.78 is 0. The first-order valence-electron chi connectivity index (χ1n) is 7.34. The van der Waals surface area contributed by atoms with E-state index >= 15 is 0 Å². The molecule has 6 heteroatoms. The highest BCUT2D eigenvalue weighted by atomic mass is 16.1. The maximum Gasteiger partial charge on any atom is 0.267 e. The quantitative estimate of drug-likeness (QED) is 0.331. The number of ketones is 1. The zero-order chi connectivity index (χ0) is 17.2. The largest absolute Gasteiger partial charge is 0.390 e.